The van der Waals surface area contributed by atoms with E-state index in [0.29, 0.717) is 4.47 Å². The molecule has 0 aliphatic carbocycles. The van der Waals surface area contributed by atoms with Gasteiger partial charge in [-0.2, -0.15) is 0 Å². The summed E-state index contributed by atoms with van der Waals surface area (Å²) in [5.41, 5.74) is -0.175. The number of carboxylic acids is 1. The van der Waals surface area contributed by atoms with Gasteiger partial charge in [0.1, 0.15) is 0 Å². The molecule has 0 atom stereocenters. The van der Waals surface area contributed by atoms with Crippen molar-refractivity contribution in [2.24, 2.45) is 0 Å². The number of aliphatic carboxylic acids is 1. The van der Waals surface area contributed by atoms with Gasteiger partial charge >= 0.3 is 5.97 Å². The molecule has 0 bridgehead atoms. The van der Waals surface area contributed by atoms with E-state index in [0.717, 1.165) is 0 Å². The average Bonchev–Trinajstić information content (AvgIpc) is 2.15. The van der Waals surface area contributed by atoms with Gasteiger partial charge in [0.2, 0.25) is 0 Å². The summed E-state index contributed by atoms with van der Waals surface area (Å²) in [7, 11) is 0. The summed E-state index contributed by atoms with van der Waals surface area (Å²) in [6.07, 6.45) is -1.24. The van der Waals surface area contributed by atoms with Gasteiger partial charge in [0.15, 0.2) is 0 Å². The maximum atomic E-state index is 13.5. The summed E-state index contributed by atoms with van der Waals surface area (Å²) in [4.78, 5) is 10.2. The highest BCUT2D eigenvalue weighted by molar-refractivity contribution is 9.10. The van der Waals surface area contributed by atoms with E-state index in [1.807, 2.05) is 0 Å². The molecule has 0 saturated carbocycles. The highest BCUT2D eigenvalue weighted by Gasteiger charge is 2.33. The van der Waals surface area contributed by atoms with Crippen LogP contribution in [0, 0.1) is 0 Å². The minimum atomic E-state index is -3.11. The highest BCUT2D eigenvalue weighted by atomic mass is 79.9. The lowest BCUT2D eigenvalue weighted by Crippen LogP contribution is -2.15. The molecule has 0 aromatic heterocycles. The SMILES string of the molecule is O=C(O)CCC(F)(F)c1ccccc1Br. The first-order valence-electron chi connectivity index (χ1n) is 4.28. The summed E-state index contributed by atoms with van der Waals surface area (Å²) in [5, 5.41) is 8.35. The molecule has 0 aliphatic heterocycles. The van der Waals surface area contributed by atoms with E-state index in [4.69, 9.17) is 5.11 Å². The molecule has 1 rings (SSSR count). The van der Waals surface area contributed by atoms with Gasteiger partial charge in [0, 0.05) is 16.5 Å². The van der Waals surface area contributed by atoms with Gasteiger partial charge in [-0.15, -0.1) is 0 Å². The zero-order valence-corrected chi connectivity index (χ0v) is 9.30. The Morgan fingerprint density at radius 3 is 2.53 bits per heavy atom. The molecule has 1 N–H and O–H groups in total. The maximum Gasteiger partial charge on any atom is 0.303 e. The topological polar surface area (TPSA) is 37.3 Å². The molecule has 0 amide bonds. The lowest BCUT2D eigenvalue weighted by atomic mass is 10.0. The second kappa shape index (κ2) is 4.70. The normalized spacial score (nSPS) is 11.4. The molecule has 0 saturated heterocycles. The average molecular weight is 279 g/mol. The molecule has 1 aromatic rings. The summed E-state index contributed by atoms with van der Waals surface area (Å²) in [6.45, 7) is 0. The minimum Gasteiger partial charge on any atom is -0.481 e. The first-order valence-corrected chi connectivity index (χ1v) is 5.07. The van der Waals surface area contributed by atoms with Crippen LogP contribution in [0.5, 0.6) is 0 Å². The molecule has 0 unspecified atom stereocenters. The zero-order chi connectivity index (χ0) is 11.5. The van der Waals surface area contributed by atoms with Crippen LogP contribution in [0.2, 0.25) is 0 Å². The molecule has 2 nitrogen and oxygen atoms in total. The Hall–Kier alpha value is -0.970. The smallest absolute Gasteiger partial charge is 0.303 e. The molecule has 0 fully saturated rings. The number of hydrogen-bond donors (Lipinski definition) is 1. The van der Waals surface area contributed by atoms with Gasteiger partial charge in [-0.1, -0.05) is 34.1 Å². The Balaban J connectivity index is 2.85. The molecule has 0 aliphatic rings. The summed E-state index contributed by atoms with van der Waals surface area (Å²) in [6, 6.07) is 5.91. The molecule has 0 radical (unpaired) electrons. The zero-order valence-electron chi connectivity index (χ0n) is 7.71. The van der Waals surface area contributed by atoms with E-state index < -0.39 is 24.7 Å². The van der Waals surface area contributed by atoms with E-state index >= 15 is 0 Å². The van der Waals surface area contributed by atoms with Crippen molar-refractivity contribution in [1.82, 2.24) is 0 Å². The molecule has 82 valence electrons. The highest BCUT2D eigenvalue weighted by Crippen LogP contribution is 2.36. The van der Waals surface area contributed by atoms with Gasteiger partial charge in [0.05, 0.1) is 6.42 Å². The molecule has 5 heteroatoms. The van der Waals surface area contributed by atoms with E-state index in [-0.39, 0.29) is 5.56 Å². The monoisotopic (exact) mass is 278 g/mol. The summed E-state index contributed by atoms with van der Waals surface area (Å²) in [5.74, 6) is -4.33. The number of carbonyl (C=O) groups is 1. The summed E-state index contributed by atoms with van der Waals surface area (Å²) < 4.78 is 27.3. The largest absolute Gasteiger partial charge is 0.481 e. The van der Waals surface area contributed by atoms with Crippen molar-refractivity contribution < 1.29 is 18.7 Å². The number of benzene rings is 1. The standard InChI is InChI=1S/C10H9BrF2O2/c11-8-4-2-1-3-7(8)10(12,13)6-5-9(14)15/h1-4H,5-6H2,(H,14,15). The fraction of sp³-hybridized carbons (Fsp3) is 0.300. The lowest BCUT2D eigenvalue weighted by Gasteiger charge is -2.16. The Morgan fingerprint density at radius 2 is 2.00 bits per heavy atom. The van der Waals surface area contributed by atoms with E-state index in [1.54, 1.807) is 6.07 Å². The van der Waals surface area contributed by atoms with Crippen LogP contribution in [0.1, 0.15) is 18.4 Å². The van der Waals surface area contributed by atoms with E-state index in [9.17, 15) is 13.6 Å². The number of rotatable bonds is 4. The van der Waals surface area contributed by atoms with Crippen LogP contribution in [0.15, 0.2) is 28.7 Å². The molecule has 0 spiro atoms. The second-order valence-electron chi connectivity index (χ2n) is 3.08. The van der Waals surface area contributed by atoms with Crippen LogP contribution in [-0.2, 0) is 10.7 Å². The van der Waals surface area contributed by atoms with Crippen molar-refractivity contribution in [3.8, 4) is 0 Å². The van der Waals surface area contributed by atoms with Crippen molar-refractivity contribution in [2.45, 2.75) is 18.8 Å². The maximum absolute atomic E-state index is 13.5. The van der Waals surface area contributed by atoms with Crippen LogP contribution in [0.25, 0.3) is 0 Å². The van der Waals surface area contributed by atoms with E-state index in [2.05, 4.69) is 15.9 Å². The van der Waals surface area contributed by atoms with Gasteiger partial charge in [-0.3, -0.25) is 4.79 Å². The molecular formula is C10H9BrF2O2. The Kier molecular flexibility index (Phi) is 3.79. The van der Waals surface area contributed by atoms with Gasteiger partial charge in [-0.05, 0) is 6.07 Å². The van der Waals surface area contributed by atoms with Crippen molar-refractivity contribution in [3.05, 3.63) is 34.3 Å². The first kappa shape index (κ1) is 12.1. The van der Waals surface area contributed by atoms with E-state index in [1.165, 1.54) is 18.2 Å². The number of halogens is 3. The van der Waals surface area contributed by atoms with Crippen LogP contribution in [-0.4, -0.2) is 11.1 Å². The summed E-state index contributed by atoms with van der Waals surface area (Å²) >= 11 is 3.01. The predicted molar refractivity (Wildman–Crippen MR) is 54.9 cm³/mol. The third kappa shape index (κ3) is 3.27. The van der Waals surface area contributed by atoms with Gasteiger partial charge < -0.3 is 5.11 Å². The molecule has 15 heavy (non-hydrogen) atoms. The quantitative estimate of drug-likeness (QED) is 0.917. The van der Waals surface area contributed by atoms with Crippen LogP contribution < -0.4 is 0 Å². The van der Waals surface area contributed by atoms with Crippen LogP contribution >= 0.6 is 15.9 Å². The van der Waals surface area contributed by atoms with Crippen molar-refractivity contribution in [1.29, 1.82) is 0 Å². The number of alkyl halides is 2. The predicted octanol–water partition coefficient (Wildman–Crippen LogP) is 3.41. The number of hydrogen-bond acceptors (Lipinski definition) is 1. The second-order valence-corrected chi connectivity index (χ2v) is 3.93. The Morgan fingerprint density at radius 1 is 1.40 bits per heavy atom. The van der Waals surface area contributed by atoms with Crippen molar-refractivity contribution in [3.63, 3.8) is 0 Å². The minimum absolute atomic E-state index is 0.175. The number of carboxylic acid groups (broad SMARTS) is 1. The molecule has 0 heterocycles. The Bertz CT molecular complexity index is 366. The van der Waals surface area contributed by atoms with Gasteiger partial charge in [0.25, 0.3) is 5.92 Å². The fourth-order valence-electron chi connectivity index (χ4n) is 1.16. The Labute approximate surface area is 94.0 Å². The lowest BCUT2D eigenvalue weighted by molar-refractivity contribution is -0.139. The fourth-order valence-corrected chi connectivity index (χ4v) is 1.73. The molecular weight excluding hydrogens is 270 g/mol. The first-order chi connectivity index (χ1) is 6.93. The molecule has 1 aromatic carbocycles. The van der Waals surface area contributed by atoms with Gasteiger partial charge in [-0.25, -0.2) is 8.78 Å². The third-order valence-corrected chi connectivity index (χ3v) is 2.61. The van der Waals surface area contributed by atoms with Crippen LogP contribution in [0.4, 0.5) is 8.78 Å². The van der Waals surface area contributed by atoms with Crippen molar-refractivity contribution >= 4 is 21.9 Å². The van der Waals surface area contributed by atoms with Crippen molar-refractivity contribution in [2.75, 3.05) is 0 Å². The van der Waals surface area contributed by atoms with Crippen LogP contribution in [0.3, 0.4) is 0 Å². The third-order valence-electron chi connectivity index (χ3n) is 1.92.